The first-order chi connectivity index (χ1) is 13.9. The van der Waals surface area contributed by atoms with E-state index in [4.69, 9.17) is 4.74 Å². The molecule has 0 spiro atoms. The molecule has 1 amide bonds. The number of hydrogen-bond donors (Lipinski definition) is 1. The quantitative estimate of drug-likeness (QED) is 0.614. The van der Waals surface area contributed by atoms with E-state index in [1.165, 1.54) is 25.0 Å². The molecule has 0 unspecified atom stereocenters. The lowest BCUT2D eigenvalue weighted by Crippen LogP contribution is -2.35. The third-order valence-electron chi connectivity index (χ3n) is 5.20. The number of halogens is 1. The Labute approximate surface area is 179 Å². The number of carbonyl (C=O) groups is 1. The van der Waals surface area contributed by atoms with Gasteiger partial charge in [0.1, 0.15) is 5.75 Å². The number of sulfonamides is 1. The predicted molar refractivity (Wildman–Crippen MR) is 115 cm³/mol. The highest BCUT2D eigenvalue weighted by Gasteiger charge is 2.37. The lowest BCUT2D eigenvalue weighted by molar-refractivity contribution is 0.0734. The largest absolute Gasteiger partial charge is 0.496 e. The Balaban J connectivity index is 1.55. The van der Waals surface area contributed by atoms with Gasteiger partial charge in [-0.2, -0.15) is 0 Å². The third-order valence-corrected chi connectivity index (χ3v) is 7.19. The van der Waals surface area contributed by atoms with Crippen LogP contribution in [0, 0.1) is 5.92 Å². The molecule has 29 heavy (non-hydrogen) atoms. The van der Waals surface area contributed by atoms with Gasteiger partial charge in [-0.1, -0.05) is 6.07 Å². The highest BCUT2D eigenvalue weighted by Crippen LogP contribution is 2.36. The van der Waals surface area contributed by atoms with E-state index in [-0.39, 0.29) is 10.8 Å². The second kappa shape index (κ2) is 7.99. The summed E-state index contributed by atoms with van der Waals surface area (Å²) in [5.41, 5.74) is 0.819. The van der Waals surface area contributed by atoms with Crippen molar-refractivity contribution in [1.82, 2.24) is 4.90 Å². The number of carbonyl (C=O) groups excluding carboxylic acids is 1. The summed E-state index contributed by atoms with van der Waals surface area (Å²) in [5, 5.41) is 0. The zero-order valence-corrected chi connectivity index (χ0v) is 18.5. The molecule has 1 N–H and O–H groups in total. The number of benzene rings is 2. The van der Waals surface area contributed by atoms with Crippen molar-refractivity contribution in [2.45, 2.75) is 36.6 Å². The molecule has 154 valence electrons. The van der Waals surface area contributed by atoms with Gasteiger partial charge in [-0.05, 0) is 83.9 Å². The highest BCUT2D eigenvalue weighted by molar-refractivity contribution is 9.10. The fourth-order valence-electron chi connectivity index (χ4n) is 3.27. The van der Waals surface area contributed by atoms with Crippen LogP contribution in [-0.2, 0) is 10.0 Å². The number of hydrogen-bond acceptors (Lipinski definition) is 4. The number of amides is 1. The summed E-state index contributed by atoms with van der Waals surface area (Å²) in [4.78, 5) is 15.0. The van der Waals surface area contributed by atoms with Crippen LogP contribution in [0.25, 0.3) is 0 Å². The van der Waals surface area contributed by atoms with Crippen LogP contribution in [0.15, 0.2) is 51.8 Å². The second-order valence-corrected chi connectivity index (χ2v) is 10.2. The molecule has 0 heterocycles. The molecule has 0 aliphatic heterocycles. The average Bonchev–Trinajstić information content (AvgIpc) is 3.60. The van der Waals surface area contributed by atoms with Gasteiger partial charge in [0.05, 0.1) is 22.2 Å². The monoisotopic (exact) mass is 478 g/mol. The first kappa shape index (κ1) is 20.2. The van der Waals surface area contributed by atoms with Crippen LogP contribution >= 0.6 is 15.9 Å². The SMILES string of the molecule is COc1ccc(NS(=O)(=O)c2cccc(C(=O)N(CC3CC3)C3CC3)c2)cc1Br. The van der Waals surface area contributed by atoms with E-state index in [0.29, 0.717) is 33.4 Å². The van der Waals surface area contributed by atoms with Crippen molar-refractivity contribution in [3.63, 3.8) is 0 Å². The molecule has 0 bridgehead atoms. The van der Waals surface area contributed by atoms with Gasteiger partial charge < -0.3 is 9.64 Å². The Hall–Kier alpha value is -2.06. The molecule has 0 aromatic heterocycles. The minimum atomic E-state index is -3.83. The summed E-state index contributed by atoms with van der Waals surface area (Å²) in [6, 6.07) is 11.5. The summed E-state index contributed by atoms with van der Waals surface area (Å²) >= 11 is 3.35. The van der Waals surface area contributed by atoms with Crippen molar-refractivity contribution in [1.29, 1.82) is 0 Å². The van der Waals surface area contributed by atoms with Crippen LogP contribution in [0.5, 0.6) is 5.75 Å². The molecule has 0 saturated heterocycles. The van der Waals surface area contributed by atoms with Crippen molar-refractivity contribution in [2.24, 2.45) is 5.92 Å². The Morgan fingerprint density at radius 3 is 2.55 bits per heavy atom. The Bertz CT molecular complexity index is 1030. The number of nitrogens with one attached hydrogen (secondary N) is 1. The van der Waals surface area contributed by atoms with Crippen molar-refractivity contribution in [3.8, 4) is 5.75 Å². The predicted octanol–water partition coefficient (Wildman–Crippen LogP) is 4.27. The molecule has 2 aliphatic rings. The molecular weight excluding hydrogens is 456 g/mol. The smallest absolute Gasteiger partial charge is 0.261 e. The van der Waals surface area contributed by atoms with Crippen LogP contribution in [-0.4, -0.2) is 38.9 Å². The summed E-state index contributed by atoms with van der Waals surface area (Å²) in [7, 11) is -2.29. The first-order valence-electron chi connectivity index (χ1n) is 9.65. The fraction of sp³-hybridized carbons (Fsp3) is 0.381. The summed E-state index contributed by atoms with van der Waals surface area (Å²) in [5.74, 6) is 1.13. The Kier molecular flexibility index (Phi) is 5.57. The lowest BCUT2D eigenvalue weighted by atomic mass is 10.2. The van der Waals surface area contributed by atoms with Crippen molar-refractivity contribution < 1.29 is 17.9 Å². The third kappa shape index (κ3) is 4.75. The summed E-state index contributed by atoms with van der Waals surface area (Å²) < 4.78 is 34.1. The van der Waals surface area contributed by atoms with Crippen LogP contribution in [0.3, 0.4) is 0 Å². The van der Waals surface area contributed by atoms with E-state index < -0.39 is 10.0 Å². The van der Waals surface area contributed by atoms with E-state index >= 15 is 0 Å². The molecule has 6 nitrogen and oxygen atoms in total. The van der Waals surface area contributed by atoms with Crippen LogP contribution in [0.1, 0.15) is 36.0 Å². The molecule has 8 heteroatoms. The van der Waals surface area contributed by atoms with Crippen LogP contribution in [0.2, 0.25) is 0 Å². The van der Waals surface area contributed by atoms with E-state index in [1.54, 1.807) is 37.4 Å². The van der Waals surface area contributed by atoms with Crippen molar-refractivity contribution >= 4 is 37.5 Å². The maximum atomic E-state index is 13.0. The fourth-order valence-corrected chi connectivity index (χ4v) is 4.90. The molecule has 0 radical (unpaired) electrons. The van der Waals surface area contributed by atoms with Gasteiger partial charge in [0, 0.05) is 18.2 Å². The van der Waals surface area contributed by atoms with Gasteiger partial charge in [-0.15, -0.1) is 0 Å². The first-order valence-corrected chi connectivity index (χ1v) is 11.9. The summed E-state index contributed by atoms with van der Waals surface area (Å²) in [6.45, 7) is 0.776. The maximum absolute atomic E-state index is 13.0. The maximum Gasteiger partial charge on any atom is 0.261 e. The van der Waals surface area contributed by atoms with E-state index in [9.17, 15) is 13.2 Å². The standard InChI is InChI=1S/C21H23BrN2O4S/c1-28-20-10-7-16(12-19(20)22)23-29(26,27)18-4-2-3-15(11-18)21(25)24(17-8-9-17)13-14-5-6-14/h2-4,7,10-12,14,17,23H,5-6,8-9,13H2,1H3. The van der Waals surface area contributed by atoms with Gasteiger partial charge in [0.15, 0.2) is 0 Å². The molecule has 2 aromatic carbocycles. The minimum absolute atomic E-state index is 0.0671. The number of methoxy groups -OCH3 is 1. The van der Waals surface area contributed by atoms with Gasteiger partial charge in [0.2, 0.25) is 0 Å². The number of nitrogens with zero attached hydrogens (tertiary/aromatic N) is 1. The lowest BCUT2D eigenvalue weighted by Gasteiger charge is -2.22. The Morgan fingerprint density at radius 2 is 1.93 bits per heavy atom. The Morgan fingerprint density at radius 1 is 1.17 bits per heavy atom. The van der Waals surface area contributed by atoms with Crippen molar-refractivity contribution in [2.75, 3.05) is 18.4 Å². The molecule has 4 rings (SSSR count). The van der Waals surface area contributed by atoms with Crippen LogP contribution in [0.4, 0.5) is 5.69 Å². The minimum Gasteiger partial charge on any atom is -0.496 e. The van der Waals surface area contributed by atoms with Crippen LogP contribution < -0.4 is 9.46 Å². The topological polar surface area (TPSA) is 75.7 Å². The number of rotatable bonds is 8. The highest BCUT2D eigenvalue weighted by atomic mass is 79.9. The molecule has 2 aromatic rings. The molecule has 0 atom stereocenters. The molecule has 2 aliphatic carbocycles. The molecule has 2 fully saturated rings. The molecule has 2 saturated carbocycles. The normalized spacial score (nSPS) is 16.3. The van der Waals surface area contributed by atoms with Gasteiger partial charge in [0.25, 0.3) is 15.9 Å². The van der Waals surface area contributed by atoms with Crippen molar-refractivity contribution in [3.05, 3.63) is 52.5 Å². The van der Waals surface area contributed by atoms with E-state index in [1.807, 2.05) is 4.90 Å². The van der Waals surface area contributed by atoms with Gasteiger partial charge in [-0.3, -0.25) is 9.52 Å². The average molecular weight is 479 g/mol. The van der Waals surface area contributed by atoms with E-state index in [0.717, 1.165) is 19.4 Å². The number of ether oxygens (including phenoxy) is 1. The second-order valence-electron chi connectivity index (χ2n) is 7.61. The zero-order valence-electron chi connectivity index (χ0n) is 16.1. The van der Waals surface area contributed by atoms with Gasteiger partial charge >= 0.3 is 0 Å². The molecular formula is C21H23BrN2O4S. The zero-order chi connectivity index (χ0) is 20.6. The van der Waals surface area contributed by atoms with E-state index in [2.05, 4.69) is 20.7 Å². The van der Waals surface area contributed by atoms with Gasteiger partial charge in [-0.25, -0.2) is 8.42 Å². The number of anilines is 1. The summed E-state index contributed by atoms with van der Waals surface area (Å²) in [6.07, 6.45) is 4.41.